The molecule has 1 heterocycles. The van der Waals surface area contributed by atoms with Crippen LogP contribution in [0.15, 0.2) is 24.3 Å². The van der Waals surface area contributed by atoms with Crippen molar-refractivity contribution >= 4 is 0 Å². The van der Waals surface area contributed by atoms with Gasteiger partial charge >= 0.3 is 0 Å². The summed E-state index contributed by atoms with van der Waals surface area (Å²) in [5.74, 6) is 0. The van der Waals surface area contributed by atoms with Crippen molar-refractivity contribution < 1.29 is 9.84 Å². The molecule has 18 heavy (non-hydrogen) atoms. The quantitative estimate of drug-likeness (QED) is 0.886. The molecule has 2 atom stereocenters. The van der Waals surface area contributed by atoms with Crippen molar-refractivity contribution in [1.82, 2.24) is 0 Å². The molecule has 2 rings (SSSR count). The molecule has 1 fully saturated rings. The molecule has 1 aliphatic heterocycles. The van der Waals surface area contributed by atoms with Crippen LogP contribution in [-0.4, -0.2) is 23.4 Å². The first-order chi connectivity index (χ1) is 8.63. The first kappa shape index (κ1) is 13.6. The molecule has 0 bridgehead atoms. The second kappa shape index (κ2) is 5.85. The fourth-order valence-corrected chi connectivity index (χ4v) is 2.83. The Balaban J connectivity index is 2.05. The molecule has 2 nitrogen and oxygen atoms in total. The maximum atomic E-state index is 10.8. The molecule has 1 aliphatic rings. The monoisotopic (exact) mass is 248 g/mol. The van der Waals surface area contributed by atoms with Crippen molar-refractivity contribution in [3.8, 4) is 0 Å². The third-order valence-electron chi connectivity index (χ3n) is 3.92. The van der Waals surface area contributed by atoms with Crippen LogP contribution in [0.4, 0.5) is 0 Å². The number of hydrogen-bond donors (Lipinski definition) is 1. The summed E-state index contributed by atoms with van der Waals surface area (Å²) in [6.45, 7) is 4.97. The molecule has 0 saturated carbocycles. The molecule has 0 radical (unpaired) electrons. The van der Waals surface area contributed by atoms with Crippen molar-refractivity contribution in [3.05, 3.63) is 35.4 Å². The zero-order valence-electron chi connectivity index (χ0n) is 11.5. The van der Waals surface area contributed by atoms with Gasteiger partial charge in [-0.25, -0.2) is 0 Å². The minimum atomic E-state index is -0.579. The SMILES string of the molecule is CCCC1CC(O)(Cc2ccccc2C)CCO1. The van der Waals surface area contributed by atoms with E-state index in [4.69, 9.17) is 4.74 Å². The number of hydrogen-bond acceptors (Lipinski definition) is 2. The van der Waals surface area contributed by atoms with Gasteiger partial charge in [0.15, 0.2) is 0 Å². The van der Waals surface area contributed by atoms with Crippen LogP contribution >= 0.6 is 0 Å². The van der Waals surface area contributed by atoms with Crippen LogP contribution in [-0.2, 0) is 11.2 Å². The van der Waals surface area contributed by atoms with Gasteiger partial charge in [0.1, 0.15) is 0 Å². The van der Waals surface area contributed by atoms with Gasteiger partial charge in [-0.15, -0.1) is 0 Å². The largest absolute Gasteiger partial charge is 0.389 e. The van der Waals surface area contributed by atoms with Crippen LogP contribution in [0.3, 0.4) is 0 Å². The molecule has 2 heteroatoms. The summed E-state index contributed by atoms with van der Waals surface area (Å²) in [5, 5.41) is 10.8. The normalized spacial score (nSPS) is 28.3. The fraction of sp³-hybridized carbons (Fsp3) is 0.625. The zero-order valence-corrected chi connectivity index (χ0v) is 11.5. The van der Waals surface area contributed by atoms with Gasteiger partial charge in [-0.3, -0.25) is 0 Å². The Morgan fingerprint density at radius 2 is 2.17 bits per heavy atom. The van der Waals surface area contributed by atoms with E-state index in [-0.39, 0.29) is 6.10 Å². The summed E-state index contributed by atoms with van der Waals surface area (Å²) in [4.78, 5) is 0. The summed E-state index contributed by atoms with van der Waals surface area (Å²) in [6.07, 6.45) is 4.68. The Labute approximate surface area is 110 Å². The van der Waals surface area contributed by atoms with Gasteiger partial charge in [0.2, 0.25) is 0 Å². The summed E-state index contributed by atoms with van der Waals surface area (Å²) in [5.41, 5.74) is 1.95. The van der Waals surface area contributed by atoms with Crippen molar-refractivity contribution in [2.75, 3.05) is 6.61 Å². The van der Waals surface area contributed by atoms with Crippen LogP contribution in [0.2, 0.25) is 0 Å². The zero-order chi connectivity index (χ0) is 13.0. The van der Waals surface area contributed by atoms with Crippen LogP contribution in [0, 0.1) is 6.92 Å². The van der Waals surface area contributed by atoms with Gasteiger partial charge in [-0.1, -0.05) is 37.6 Å². The molecular weight excluding hydrogens is 224 g/mol. The Hall–Kier alpha value is -0.860. The van der Waals surface area contributed by atoms with E-state index in [0.717, 1.165) is 32.1 Å². The summed E-state index contributed by atoms with van der Waals surface area (Å²) >= 11 is 0. The highest BCUT2D eigenvalue weighted by Crippen LogP contribution is 2.31. The van der Waals surface area contributed by atoms with Crippen LogP contribution < -0.4 is 0 Å². The predicted molar refractivity (Wildman–Crippen MR) is 73.7 cm³/mol. The molecule has 0 amide bonds. The summed E-state index contributed by atoms with van der Waals surface area (Å²) in [6, 6.07) is 8.33. The van der Waals surface area contributed by atoms with E-state index in [2.05, 4.69) is 32.0 Å². The maximum absolute atomic E-state index is 10.8. The Kier molecular flexibility index (Phi) is 4.41. The van der Waals surface area contributed by atoms with Crippen LogP contribution in [0.5, 0.6) is 0 Å². The average Bonchev–Trinajstić information content (AvgIpc) is 2.32. The van der Waals surface area contributed by atoms with E-state index in [9.17, 15) is 5.11 Å². The van der Waals surface area contributed by atoms with E-state index in [1.807, 2.05) is 6.07 Å². The number of rotatable bonds is 4. The average molecular weight is 248 g/mol. The highest BCUT2D eigenvalue weighted by molar-refractivity contribution is 5.27. The number of aryl methyl sites for hydroxylation is 1. The van der Waals surface area contributed by atoms with E-state index in [1.54, 1.807) is 0 Å². The number of ether oxygens (including phenoxy) is 1. The summed E-state index contributed by atoms with van der Waals surface area (Å²) < 4.78 is 5.72. The highest BCUT2D eigenvalue weighted by atomic mass is 16.5. The van der Waals surface area contributed by atoms with Crippen molar-refractivity contribution in [3.63, 3.8) is 0 Å². The lowest BCUT2D eigenvalue weighted by atomic mass is 9.82. The topological polar surface area (TPSA) is 29.5 Å². The molecule has 100 valence electrons. The molecule has 1 N–H and O–H groups in total. The minimum Gasteiger partial charge on any atom is -0.389 e. The van der Waals surface area contributed by atoms with E-state index in [0.29, 0.717) is 6.61 Å². The van der Waals surface area contributed by atoms with E-state index < -0.39 is 5.60 Å². The second-order valence-corrected chi connectivity index (χ2v) is 5.56. The van der Waals surface area contributed by atoms with Crippen molar-refractivity contribution in [2.45, 2.75) is 57.7 Å². The Bertz CT molecular complexity index is 386. The first-order valence-electron chi connectivity index (χ1n) is 7.01. The van der Waals surface area contributed by atoms with Crippen molar-refractivity contribution in [2.24, 2.45) is 0 Å². The third-order valence-corrected chi connectivity index (χ3v) is 3.92. The third kappa shape index (κ3) is 3.33. The van der Waals surface area contributed by atoms with E-state index in [1.165, 1.54) is 11.1 Å². The van der Waals surface area contributed by atoms with Gasteiger partial charge in [0.25, 0.3) is 0 Å². The summed E-state index contributed by atoms with van der Waals surface area (Å²) in [7, 11) is 0. The smallest absolute Gasteiger partial charge is 0.0734 e. The fourth-order valence-electron chi connectivity index (χ4n) is 2.83. The van der Waals surface area contributed by atoms with Gasteiger partial charge in [0, 0.05) is 19.4 Å². The lowest BCUT2D eigenvalue weighted by molar-refractivity contribution is -0.105. The molecule has 0 aliphatic carbocycles. The standard InChI is InChI=1S/C16H24O2/c1-3-6-15-12-16(17,9-10-18-15)11-14-8-5-4-7-13(14)2/h4-5,7-8,15,17H,3,6,9-12H2,1-2H3. The van der Waals surface area contributed by atoms with Gasteiger partial charge in [0.05, 0.1) is 11.7 Å². The minimum absolute atomic E-state index is 0.234. The van der Waals surface area contributed by atoms with Crippen molar-refractivity contribution in [1.29, 1.82) is 0 Å². The highest BCUT2D eigenvalue weighted by Gasteiger charge is 2.34. The van der Waals surface area contributed by atoms with Gasteiger partial charge in [-0.05, 0) is 30.9 Å². The molecule has 0 spiro atoms. The molecule has 1 saturated heterocycles. The van der Waals surface area contributed by atoms with Gasteiger partial charge < -0.3 is 9.84 Å². The lowest BCUT2D eigenvalue weighted by Gasteiger charge is -2.37. The number of aliphatic hydroxyl groups is 1. The first-order valence-corrected chi connectivity index (χ1v) is 7.01. The predicted octanol–water partition coefficient (Wildman–Crippen LogP) is 3.25. The van der Waals surface area contributed by atoms with Crippen LogP contribution in [0.1, 0.15) is 43.7 Å². The molecule has 1 aromatic rings. The molecular formula is C16H24O2. The molecule has 2 unspecified atom stereocenters. The maximum Gasteiger partial charge on any atom is 0.0734 e. The van der Waals surface area contributed by atoms with Gasteiger partial charge in [-0.2, -0.15) is 0 Å². The van der Waals surface area contributed by atoms with Crippen LogP contribution in [0.25, 0.3) is 0 Å². The Morgan fingerprint density at radius 3 is 2.89 bits per heavy atom. The van der Waals surface area contributed by atoms with E-state index >= 15 is 0 Å². The second-order valence-electron chi connectivity index (χ2n) is 5.56. The Morgan fingerprint density at radius 1 is 1.39 bits per heavy atom. The molecule has 1 aromatic carbocycles. The molecule has 0 aromatic heterocycles. The number of benzene rings is 1. The lowest BCUT2D eigenvalue weighted by Crippen LogP contribution is -2.42.